The van der Waals surface area contributed by atoms with Crippen molar-refractivity contribution in [2.45, 2.75) is 68.5 Å². The number of sulfonamides is 1. The topological polar surface area (TPSA) is 86.7 Å². The molecule has 158 valence electrons. The van der Waals surface area contributed by atoms with Crippen molar-refractivity contribution in [1.29, 1.82) is 0 Å². The monoisotopic (exact) mass is 418 g/mol. The van der Waals surface area contributed by atoms with Crippen LogP contribution in [0, 0.1) is 23.7 Å². The Bertz CT molecular complexity index is 872. The zero-order valence-corrected chi connectivity index (χ0v) is 17.5. The number of nitrogens with zero attached hydrogens (tertiary/aromatic N) is 1. The predicted molar refractivity (Wildman–Crippen MR) is 108 cm³/mol. The zero-order valence-electron chi connectivity index (χ0n) is 16.7. The summed E-state index contributed by atoms with van der Waals surface area (Å²) in [6, 6.07) is 5.96. The van der Waals surface area contributed by atoms with Crippen molar-refractivity contribution in [2.24, 2.45) is 23.7 Å². The van der Waals surface area contributed by atoms with Gasteiger partial charge in [0.1, 0.15) is 6.04 Å². The average molecular weight is 419 g/mol. The summed E-state index contributed by atoms with van der Waals surface area (Å²) in [5.74, 6) is 2.70. The molecule has 1 aliphatic heterocycles. The van der Waals surface area contributed by atoms with Crippen LogP contribution in [0.3, 0.4) is 0 Å². The Morgan fingerprint density at radius 3 is 2.45 bits per heavy atom. The Morgan fingerprint density at radius 1 is 1.10 bits per heavy atom. The number of rotatable bonds is 5. The molecule has 1 heterocycles. The molecule has 29 heavy (non-hydrogen) atoms. The highest BCUT2D eigenvalue weighted by atomic mass is 32.2. The second kappa shape index (κ2) is 7.36. The van der Waals surface area contributed by atoms with E-state index in [9.17, 15) is 18.3 Å². The molecule has 1 aromatic carbocycles. The van der Waals surface area contributed by atoms with E-state index in [1.165, 1.54) is 42.5 Å². The summed E-state index contributed by atoms with van der Waals surface area (Å²) in [5.41, 5.74) is 0.555. The van der Waals surface area contributed by atoms with E-state index in [1.807, 2.05) is 0 Å². The molecule has 0 aromatic heterocycles. The fourth-order valence-electron chi connectivity index (χ4n) is 6.65. The van der Waals surface area contributed by atoms with Crippen molar-refractivity contribution in [3.63, 3.8) is 0 Å². The highest BCUT2D eigenvalue weighted by molar-refractivity contribution is 7.89. The van der Waals surface area contributed by atoms with Gasteiger partial charge in [-0.1, -0.05) is 12.1 Å². The predicted octanol–water partition coefficient (Wildman–Crippen LogP) is 2.27. The molecule has 6 nitrogen and oxygen atoms in total. The maximum Gasteiger partial charge on any atom is 0.243 e. The smallest absolute Gasteiger partial charge is 0.243 e. The van der Waals surface area contributed by atoms with Crippen molar-refractivity contribution in [1.82, 2.24) is 9.62 Å². The Kier molecular flexibility index (Phi) is 4.95. The van der Waals surface area contributed by atoms with E-state index < -0.39 is 16.1 Å². The van der Waals surface area contributed by atoms with Gasteiger partial charge in [-0.3, -0.25) is 4.79 Å². The Balaban J connectivity index is 1.33. The Hall–Kier alpha value is -1.44. The summed E-state index contributed by atoms with van der Waals surface area (Å²) in [6.45, 7) is 0.158. The molecule has 0 unspecified atom stereocenters. The first-order valence-corrected chi connectivity index (χ1v) is 12.4. The second-order valence-corrected chi connectivity index (χ2v) is 11.4. The van der Waals surface area contributed by atoms with E-state index in [4.69, 9.17) is 0 Å². The highest BCUT2D eigenvalue weighted by Gasteiger charge is 2.49. The quantitative estimate of drug-likeness (QED) is 0.768. The average Bonchev–Trinajstić information content (AvgIpc) is 3.21. The molecule has 0 radical (unpaired) electrons. The third-order valence-corrected chi connectivity index (χ3v) is 9.63. The largest absolute Gasteiger partial charge is 0.392 e. The van der Waals surface area contributed by atoms with Gasteiger partial charge in [0, 0.05) is 12.6 Å². The lowest BCUT2D eigenvalue weighted by Crippen LogP contribution is -2.58. The first kappa shape index (κ1) is 19.5. The highest BCUT2D eigenvalue weighted by Crippen LogP contribution is 2.53. The fourth-order valence-corrected chi connectivity index (χ4v) is 8.38. The minimum absolute atomic E-state index is 0.123. The summed E-state index contributed by atoms with van der Waals surface area (Å²) in [7, 11) is -3.77. The molecular formula is C22H30N2O4S. The summed E-state index contributed by atoms with van der Waals surface area (Å²) in [6.07, 6.45) is 7.51. The number of carbonyl (C=O) groups excluding carboxylic acids is 1. The SMILES string of the molecule is O=C(NC1C2CC3CC(C2)CC1C3)[C@@H]1CCCN1S(=O)(=O)c1cccc(CO)c1. The summed E-state index contributed by atoms with van der Waals surface area (Å²) >= 11 is 0. The summed E-state index contributed by atoms with van der Waals surface area (Å²) in [5, 5.41) is 12.6. The molecule has 1 aromatic rings. The molecule has 5 fully saturated rings. The van der Waals surface area contributed by atoms with Gasteiger partial charge in [0.2, 0.25) is 15.9 Å². The third kappa shape index (κ3) is 3.41. The first-order valence-electron chi connectivity index (χ1n) is 11.0. The second-order valence-electron chi connectivity index (χ2n) is 9.54. The lowest BCUT2D eigenvalue weighted by molar-refractivity contribution is -0.128. The van der Waals surface area contributed by atoms with Crippen LogP contribution in [0.5, 0.6) is 0 Å². The number of benzene rings is 1. The minimum atomic E-state index is -3.77. The summed E-state index contributed by atoms with van der Waals surface area (Å²) in [4.78, 5) is 13.3. The van der Waals surface area contributed by atoms with E-state index in [1.54, 1.807) is 18.2 Å². The van der Waals surface area contributed by atoms with Crippen LogP contribution < -0.4 is 5.32 Å². The molecule has 4 aliphatic carbocycles. The molecule has 1 amide bonds. The van der Waals surface area contributed by atoms with Gasteiger partial charge in [0.25, 0.3) is 0 Å². The van der Waals surface area contributed by atoms with Gasteiger partial charge in [-0.05, 0) is 86.3 Å². The molecule has 1 atom stereocenters. The number of hydrogen-bond acceptors (Lipinski definition) is 4. The maximum absolute atomic E-state index is 13.2. The van der Waals surface area contributed by atoms with Gasteiger partial charge in [0.15, 0.2) is 0 Å². The molecule has 4 bridgehead atoms. The molecule has 7 heteroatoms. The molecule has 5 aliphatic rings. The number of carbonyl (C=O) groups is 1. The standard InChI is InChI=1S/C22H30N2O4S/c25-13-14-3-1-4-19(12-14)29(27,28)24-6-2-5-20(24)22(26)23-21-17-8-15-7-16(10-17)11-18(21)9-15/h1,3-4,12,15-18,20-21,25H,2,5-11,13H2,(H,23,26)/t15?,16?,17?,18?,20-,21?/m0/s1. The number of aliphatic hydroxyl groups is 1. The normalized spacial score (nSPS) is 36.4. The third-order valence-electron chi connectivity index (χ3n) is 7.73. The zero-order chi connectivity index (χ0) is 20.2. The Labute approximate surface area is 172 Å². The van der Waals surface area contributed by atoms with E-state index >= 15 is 0 Å². The molecule has 6 rings (SSSR count). The van der Waals surface area contributed by atoms with Gasteiger partial charge >= 0.3 is 0 Å². The van der Waals surface area contributed by atoms with Crippen LogP contribution in [-0.2, 0) is 21.4 Å². The van der Waals surface area contributed by atoms with Gasteiger partial charge in [0.05, 0.1) is 11.5 Å². The van der Waals surface area contributed by atoms with Crippen LogP contribution in [0.1, 0.15) is 50.5 Å². The minimum Gasteiger partial charge on any atom is -0.392 e. The first-order chi connectivity index (χ1) is 14.0. The van der Waals surface area contributed by atoms with E-state index in [0.717, 1.165) is 11.8 Å². The number of hydrogen-bond donors (Lipinski definition) is 2. The molecule has 1 saturated heterocycles. The van der Waals surface area contributed by atoms with Crippen molar-refractivity contribution < 1.29 is 18.3 Å². The van der Waals surface area contributed by atoms with Gasteiger partial charge < -0.3 is 10.4 Å². The van der Waals surface area contributed by atoms with Gasteiger partial charge in [-0.15, -0.1) is 0 Å². The number of amides is 1. The van der Waals surface area contributed by atoms with E-state index in [-0.39, 0.29) is 23.5 Å². The number of nitrogens with one attached hydrogen (secondary N) is 1. The van der Waals surface area contributed by atoms with Crippen molar-refractivity contribution in [2.75, 3.05) is 6.54 Å². The fraction of sp³-hybridized carbons (Fsp3) is 0.682. The van der Waals surface area contributed by atoms with E-state index in [0.29, 0.717) is 36.8 Å². The van der Waals surface area contributed by atoms with Crippen LogP contribution in [0.2, 0.25) is 0 Å². The molecule has 4 saturated carbocycles. The molecule has 0 spiro atoms. The van der Waals surface area contributed by atoms with Gasteiger partial charge in [-0.25, -0.2) is 8.42 Å². The van der Waals surface area contributed by atoms with Crippen molar-refractivity contribution >= 4 is 15.9 Å². The van der Waals surface area contributed by atoms with Crippen LogP contribution in [0.4, 0.5) is 0 Å². The van der Waals surface area contributed by atoms with Crippen LogP contribution in [0.15, 0.2) is 29.2 Å². The Morgan fingerprint density at radius 2 is 1.79 bits per heavy atom. The van der Waals surface area contributed by atoms with Crippen molar-refractivity contribution in [3.8, 4) is 0 Å². The number of aliphatic hydroxyl groups excluding tert-OH is 1. The maximum atomic E-state index is 13.2. The van der Waals surface area contributed by atoms with Crippen LogP contribution >= 0.6 is 0 Å². The lowest BCUT2D eigenvalue weighted by Gasteiger charge is -2.54. The summed E-state index contributed by atoms with van der Waals surface area (Å²) < 4.78 is 27.8. The van der Waals surface area contributed by atoms with E-state index in [2.05, 4.69) is 5.32 Å². The van der Waals surface area contributed by atoms with Crippen molar-refractivity contribution in [3.05, 3.63) is 29.8 Å². The lowest BCUT2D eigenvalue weighted by atomic mass is 9.54. The molecular weight excluding hydrogens is 388 g/mol. The van der Waals surface area contributed by atoms with Crippen LogP contribution in [0.25, 0.3) is 0 Å². The molecule has 2 N–H and O–H groups in total. The van der Waals surface area contributed by atoms with Gasteiger partial charge in [-0.2, -0.15) is 4.31 Å². The van der Waals surface area contributed by atoms with Crippen LogP contribution in [-0.4, -0.2) is 42.4 Å².